The Morgan fingerprint density at radius 3 is 2.27 bits per heavy atom. The lowest BCUT2D eigenvalue weighted by Crippen LogP contribution is -2.36. The summed E-state index contributed by atoms with van der Waals surface area (Å²) in [6.07, 6.45) is 0.761. The van der Waals surface area contributed by atoms with Gasteiger partial charge in [-0.2, -0.15) is 0 Å². The van der Waals surface area contributed by atoms with E-state index in [9.17, 15) is 9.59 Å². The summed E-state index contributed by atoms with van der Waals surface area (Å²) in [7, 11) is 1.51. The van der Waals surface area contributed by atoms with Gasteiger partial charge in [0.15, 0.2) is 0 Å². The molecule has 0 aromatic rings. The van der Waals surface area contributed by atoms with Crippen LogP contribution in [0.2, 0.25) is 0 Å². The second-order valence-electron chi connectivity index (χ2n) is 2.29. The molecule has 0 aliphatic rings. The van der Waals surface area contributed by atoms with Gasteiger partial charge in [-0.25, -0.2) is 0 Å². The Bertz CT molecular complexity index is 170. The fourth-order valence-electron chi connectivity index (χ4n) is 0.540. The average molecular weight is 269 g/mol. The van der Waals surface area contributed by atoms with Crippen molar-refractivity contribution in [2.75, 3.05) is 7.05 Å². The monoisotopic (exact) mass is 269 g/mol. The number of alkyl halides is 1. The van der Waals surface area contributed by atoms with Crippen molar-refractivity contribution in [2.45, 2.75) is 24.2 Å². The maximum absolute atomic E-state index is 11.2. The van der Waals surface area contributed by atoms with Crippen LogP contribution in [0.15, 0.2) is 0 Å². The number of carbonyl (C=O) groups excluding carboxylic acids is 2. The zero-order chi connectivity index (χ0) is 9.02. The van der Waals surface area contributed by atoms with Gasteiger partial charge in [-0.05, 0) is 6.42 Å². The first-order chi connectivity index (χ1) is 5.00. The van der Waals surface area contributed by atoms with Crippen molar-refractivity contribution in [3.05, 3.63) is 0 Å². The van der Waals surface area contributed by atoms with Crippen LogP contribution in [-0.4, -0.2) is 27.7 Å². The number of halogens is 1. The summed E-state index contributed by atoms with van der Waals surface area (Å²) < 4.78 is -0.0819. The van der Waals surface area contributed by atoms with Gasteiger partial charge in [-0.1, -0.05) is 29.5 Å². The summed E-state index contributed by atoms with van der Waals surface area (Å²) in [6.45, 7) is 3.31. The molecule has 3 nitrogen and oxygen atoms in total. The van der Waals surface area contributed by atoms with Crippen LogP contribution in [-0.2, 0) is 9.59 Å². The van der Waals surface area contributed by atoms with E-state index >= 15 is 0 Å². The standard InChI is InChI=1S/C7H12INO2/c1-4-6(8)7(11)9(3)5(2)10/h6H,4H2,1-3H3. The molecule has 0 bridgehead atoms. The maximum atomic E-state index is 11.2. The van der Waals surface area contributed by atoms with Gasteiger partial charge in [0, 0.05) is 14.0 Å². The smallest absolute Gasteiger partial charge is 0.241 e. The number of hydrogen-bond acceptors (Lipinski definition) is 2. The zero-order valence-electron chi connectivity index (χ0n) is 6.93. The molecule has 0 saturated carbocycles. The van der Waals surface area contributed by atoms with Crippen molar-refractivity contribution in [1.29, 1.82) is 0 Å². The quantitative estimate of drug-likeness (QED) is 0.558. The Hall–Kier alpha value is -0.130. The lowest BCUT2D eigenvalue weighted by atomic mass is 10.3. The van der Waals surface area contributed by atoms with E-state index in [2.05, 4.69) is 0 Å². The molecule has 0 aliphatic heterocycles. The Labute approximate surface area is 80.3 Å². The van der Waals surface area contributed by atoms with Gasteiger partial charge in [0.05, 0.1) is 3.92 Å². The summed E-state index contributed by atoms with van der Waals surface area (Å²) in [5.41, 5.74) is 0. The number of amides is 2. The van der Waals surface area contributed by atoms with Gasteiger partial charge < -0.3 is 0 Å². The lowest BCUT2D eigenvalue weighted by Gasteiger charge is -2.15. The van der Waals surface area contributed by atoms with Crippen LogP contribution in [0.3, 0.4) is 0 Å². The number of rotatable bonds is 2. The van der Waals surface area contributed by atoms with Crippen LogP contribution in [0.25, 0.3) is 0 Å². The predicted molar refractivity (Wildman–Crippen MR) is 51.6 cm³/mol. The fourth-order valence-corrected chi connectivity index (χ4v) is 0.958. The SMILES string of the molecule is CCC(I)C(=O)N(C)C(C)=O. The van der Waals surface area contributed by atoms with E-state index in [1.54, 1.807) is 0 Å². The van der Waals surface area contributed by atoms with E-state index in [0.717, 1.165) is 11.3 Å². The minimum absolute atomic E-state index is 0.0819. The molecule has 0 N–H and O–H groups in total. The molecule has 0 spiro atoms. The van der Waals surface area contributed by atoms with Gasteiger partial charge in [0.1, 0.15) is 0 Å². The van der Waals surface area contributed by atoms with E-state index in [1.807, 2.05) is 29.5 Å². The Balaban J connectivity index is 4.13. The third-order valence-corrected chi connectivity index (χ3v) is 2.84. The Morgan fingerprint density at radius 2 is 2.00 bits per heavy atom. The second-order valence-corrected chi connectivity index (χ2v) is 3.80. The van der Waals surface area contributed by atoms with Crippen molar-refractivity contribution in [1.82, 2.24) is 4.90 Å². The zero-order valence-corrected chi connectivity index (χ0v) is 9.08. The molecule has 0 aromatic carbocycles. The first-order valence-corrected chi connectivity index (χ1v) is 4.67. The van der Waals surface area contributed by atoms with Crippen LogP contribution in [0.1, 0.15) is 20.3 Å². The van der Waals surface area contributed by atoms with E-state index < -0.39 is 0 Å². The number of nitrogens with zero attached hydrogens (tertiary/aromatic N) is 1. The van der Waals surface area contributed by atoms with Crippen molar-refractivity contribution in [3.8, 4) is 0 Å². The van der Waals surface area contributed by atoms with Crippen LogP contribution in [0.5, 0.6) is 0 Å². The molecule has 1 unspecified atom stereocenters. The molecule has 0 aromatic heterocycles. The minimum Gasteiger partial charge on any atom is -0.285 e. The average Bonchev–Trinajstić information content (AvgIpc) is 2.00. The van der Waals surface area contributed by atoms with E-state index in [4.69, 9.17) is 0 Å². The summed E-state index contributed by atoms with van der Waals surface area (Å²) in [5, 5.41) is 0. The number of carbonyl (C=O) groups is 2. The highest BCUT2D eigenvalue weighted by Crippen LogP contribution is 2.08. The topological polar surface area (TPSA) is 37.4 Å². The predicted octanol–water partition coefficient (Wildman–Crippen LogP) is 1.20. The molecule has 0 fully saturated rings. The Morgan fingerprint density at radius 1 is 1.55 bits per heavy atom. The molecule has 0 aliphatic carbocycles. The van der Waals surface area contributed by atoms with Crippen LogP contribution in [0, 0.1) is 0 Å². The first kappa shape index (κ1) is 10.9. The van der Waals surface area contributed by atoms with E-state index in [-0.39, 0.29) is 15.7 Å². The highest BCUT2D eigenvalue weighted by Gasteiger charge is 2.19. The van der Waals surface area contributed by atoms with Gasteiger partial charge in [0.25, 0.3) is 0 Å². The highest BCUT2D eigenvalue weighted by atomic mass is 127. The second kappa shape index (κ2) is 4.69. The fraction of sp³-hybridized carbons (Fsp3) is 0.714. The summed E-state index contributed by atoms with van der Waals surface area (Å²) in [4.78, 5) is 23.1. The molecular formula is C7H12INO2. The van der Waals surface area contributed by atoms with Gasteiger partial charge in [0.2, 0.25) is 11.8 Å². The van der Waals surface area contributed by atoms with Crippen LogP contribution < -0.4 is 0 Å². The van der Waals surface area contributed by atoms with Crippen molar-refractivity contribution in [3.63, 3.8) is 0 Å². The van der Waals surface area contributed by atoms with Crippen molar-refractivity contribution >= 4 is 34.4 Å². The molecule has 2 amide bonds. The normalized spacial score (nSPS) is 12.4. The van der Waals surface area contributed by atoms with Crippen LogP contribution in [0.4, 0.5) is 0 Å². The molecule has 0 radical (unpaired) electrons. The molecular weight excluding hydrogens is 257 g/mol. The Kier molecular flexibility index (Phi) is 4.63. The summed E-state index contributed by atoms with van der Waals surface area (Å²) in [6, 6.07) is 0. The van der Waals surface area contributed by atoms with Gasteiger partial charge >= 0.3 is 0 Å². The molecule has 4 heteroatoms. The molecule has 0 saturated heterocycles. The molecule has 1 atom stereocenters. The third-order valence-electron chi connectivity index (χ3n) is 1.43. The third kappa shape index (κ3) is 3.18. The van der Waals surface area contributed by atoms with E-state index in [0.29, 0.717) is 0 Å². The van der Waals surface area contributed by atoms with Crippen LogP contribution >= 0.6 is 22.6 Å². The maximum Gasteiger partial charge on any atom is 0.241 e. The molecule has 11 heavy (non-hydrogen) atoms. The first-order valence-electron chi connectivity index (χ1n) is 3.42. The number of hydrogen-bond donors (Lipinski definition) is 0. The van der Waals surface area contributed by atoms with Crippen molar-refractivity contribution in [2.24, 2.45) is 0 Å². The van der Waals surface area contributed by atoms with E-state index in [1.165, 1.54) is 14.0 Å². The molecule has 64 valence electrons. The lowest BCUT2D eigenvalue weighted by molar-refractivity contribution is -0.141. The minimum atomic E-state index is -0.204. The van der Waals surface area contributed by atoms with Crippen molar-refractivity contribution < 1.29 is 9.59 Å². The summed E-state index contributed by atoms with van der Waals surface area (Å²) >= 11 is 2.04. The van der Waals surface area contributed by atoms with Gasteiger partial charge in [-0.3, -0.25) is 14.5 Å². The molecule has 0 rings (SSSR count). The van der Waals surface area contributed by atoms with Gasteiger partial charge in [-0.15, -0.1) is 0 Å². The largest absolute Gasteiger partial charge is 0.285 e. The highest BCUT2D eigenvalue weighted by molar-refractivity contribution is 14.1. The molecule has 0 heterocycles. The summed E-state index contributed by atoms with van der Waals surface area (Å²) in [5.74, 6) is -0.314. The number of imide groups is 1.